The highest BCUT2D eigenvalue weighted by molar-refractivity contribution is 7.47. The molecule has 0 aliphatic carbocycles. The average Bonchev–Trinajstić information content (AvgIpc) is 3.14. The number of carbonyl (C=O) groups is 3. The number of phosphoric acid groups is 1. The van der Waals surface area contributed by atoms with Crippen molar-refractivity contribution in [3.63, 3.8) is 0 Å². The van der Waals surface area contributed by atoms with Crippen molar-refractivity contribution in [2.24, 2.45) is 5.73 Å². The second-order valence-corrected chi connectivity index (χ2v) is 14.5. The fourth-order valence-electron chi connectivity index (χ4n) is 4.86. The highest BCUT2D eigenvalue weighted by Gasteiger charge is 2.28. The van der Waals surface area contributed by atoms with Crippen molar-refractivity contribution in [2.45, 2.75) is 154 Å². The van der Waals surface area contributed by atoms with Gasteiger partial charge in [-0.1, -0.05) is 125 Å². The minimum absolute atomic E-state index is 0.139. The van der Waals surface area contributed by atoms with Crippen LogP contribution in [0.5, 0.6) is 0 Å². The highest BCUT2D eigenvalue weighted by atomic mass is 31.2. The molecule has 0 heterocycles. The third-order valence-electron chi connectivity index (χ3n) is 7.95. The Morgan fingerprint density at radius 3 is 1.48 bits per heavy atom. The molecule has 12 heteroatoms. The minimum atomic E-state index is -4.73. The van der Waals surface area contributed by atoms with Crippen molar-refractivity contribution >= 4 is 25.7 Å². The number of unbranched alkanes of at least 4 members (excludes halogenated alkanes) is 10. The van der Waals surface area contributed by atoms with Gasteiger partial charge in [-0.25, -0.2) is 4.57 Å². The first kappa shape index (κ1) is 50.9. The Labute approximate surface area is 325 Å². The van der Waals surface area contributed by atoms with Crippen LogP contribution in [0.1, 0.15) is 142 Å². The van der Waals surface area contributed by atoms with Crippen LogP contribution >= 0.6 is 7.82 Å². The van der Waals surface area contributed by atoms with E-state index in [1.165, 1.54) is 0 Å². The number of carboxylic acids is 1. The maximum atomic E-state index is 12.6. The number of aliphatic carboxylic acids is 1. The van der Waals surface area contributed by atoms with Crippen molar-refractivity contribution in [1.29, 1.82) is 0 Å². The molecule has 0 fully saturated rings. The third kappa shape index (κ3) is 35.9. The van der Waals surface area contributed by atoms with Crippen LogP contribution in [0.2, 0.25) is 0 Å². The van der Waals surface area contributed by atoms with Crippen molar-refractivity contribution in [2.75, 3.05) is 19.8 Å². The Bertz CT molecular complexity index is 1190. The first-order chi connectivity index (χ1) is 26.1. The number of ether oxygens (including phenoxy) is 2. The molecule has 0 bridgehead atoms. The Morgan fingerprint density at radius 1 is 0.574 bits per heavy atom. The van der Waals surface area contributed by atoms with E-state index >= 15 is 0 Å². The lowest BCUT2D eigenvalue weighted by Gasteiger charge is -2.20. The van der Waals surface area contributed by atoms with Gasteiger partial charge in [0.05, 0.1) is 13.2 Å². The summed E-state index contributed by atoms with van der Waals surface area (Å²) in [6, 6.07) is -1.53. The number of carboxylic acid groups (broad SMARTS) is 1. The molecular weight excluding hydrogens is 709 g/mol. The van der Waals surface area contributed by atoms with Gasteiger partial charge in [0.25, 0.3) is 0 Å². The molecule has 0 saturated heterocycles. The van der Waals surface area contributed by atoms with Gasteiger partial charge in [0, 0.05) is 12.8 Å². The van der Waals surface area contributed by atoms with E-state index in [-0.39, 0.29) is 19.4 Å². The van der Waals surface area contributed by atoms with Crippen LogP contribution in [-0.4, -0.2) is 59.9 Å². The van der Waals surface area contributed by atoms with E-state index in [9.17, 15) is 23.8 Å². The van der Waals surface area contributed by atoms with Gasteiger partial charge in [-0.05, 0) is 77.0 Å². The number of allylic oxidation sites excluding steroid dienone is 12. The fraction of sp³-hybridized carbons (Fsp3) is 0.643. The predicted molar refractivity (Wildman–Crippen MR) is 217 cm³/mol. The maximum absolute atomic E-state index is 12.6. The first-order valence-corrected chi connectivity index (χ1v) is 21.5. The number of hydrogen-bond acceptors (Lipinski definition) is 9. The summed E-state index contributed by atoms with van der Waals surface area (Å²) in [6.45, 7) is 2.51. The highest BCUT2D eigenvalue weighted by Crippen LogP contribution is 2.43. The lowest BCUT2D eigenvalue weighted by Crippen LogP contribution is -2.34. The smallest absolute Gasteiger partial charge is 0.472 e. The molecule has 0 amide bonds. The number of carbonyl (C=O) groups excluding carboxylic acids is 2. The van der Waals surface area contributed by atoms with Crippen LogP contribution in [0.4, 0.5) is 0 Å². The molecule has 0 aromatic carbocycles. The van der Waals surface area contributed by atoms with Gasteiger partial charge >= 0.3 is 25.7 Å². The van der Waals surface area contributed by atoms with E-state index in [0.717, 1.165) is 103 Å². The summed E-state index contributed by atoms with van der Waals surface area (Å²) < 4.78 is 32.6. The zero-order valence-corrected chi connectivity index (χ0v) is 33.9. The zero-order chi connectivity index (χ0) is 40.0. The average molecular weight is 780 g/mol. The molecule has 0 radical (unpaired) electrons. The molecular formula is C42H70NO10P. The summed E-state index contributed by atoms with van der Waals surface area (Å²) in [5.41, 5.74) is 5.32. The van der Waals surface area contributed by atoms with E-state index in [1.54, 1.807) is 0 Å². The van der Waals surface area contributed by atoms with E-state index in [0.29, 0.717) is 12.8 Å². The van der Waals surface area contributed by atoms with Crippen LogP contribution < -0.4 is 5.73 Å². The van der Waals surface area contributed by atoms with Gasteiger partial charge in [-0.15, -0.1) is 0 Å². The summed E-state index contributed by atoms with van der Waals surface area (Å²) in [5.74, 6) is -2.44. The summed E-state index contributed by atoms with van der Waals surface area (Å²) >= 11 is 0. The standard InChI is InChI=1S/C42H70NO10P/c1-3-5-7-9-11-13-15-17-18-19-20-22-24-26-28-30-32-34-41(45)53-38(36-51-54(48,49)52-37-39(43)42(46)47)35-50-40(44)33-31-29-27-25-23-21-16-14-12-10-8-6-4-2/h5-8,11-14,17-18,21,23,38-39H,3-4,9-10,15-16,19-20,22,24-37,43H2,1-2H3,(H,46,47)(H,48,49)/b7-5-,8-6-,13-11-,14-12-,18-17-,23-21-. The van der Waals surface area contributed by atoms with E-state index < -0.39 is 51.1 Å². The van der Waals surface area contributed by atoms with Crippen LogP contribution in [0.25, 0.3) is 0 Å². The largest absolute Gasteiger partial charge is 0.480 e. The van der Waals surface area contributed by atoms with Crippen LogP contribution in [0, 0.1) is 0 Å². The monoisotopic (exact) mass is 779 g/mol. The molecule has 11 nitrogen and oxygen atoms in total. The molecule has 0 aliphatic heterocycles. The fourth-order valence-corrected chi connectivity index (χ4v) is 5.63. The Balaban J connectivity index is 4.47. The molecule has 0 aromatic heterocycles. The molecule has 0 aliphatic rings. The summed E-state index contributed by atoms with van der Waals surface area (Å²) in [6.07, 6.45) is 42.6. The predicted octanol–water partition coefficient (Wildman–Crippen LogP) is 10.2. The van der Waals surface area contributed by atoms with Gasteiger partial charge in [0.15, 0.2) is 6.10 Å². The van der Waals surface area contributed by atoms with Gasteiger partial charge in [0.2, 0.25) is 0 Å². The molecule has 308 valence electrons. The second-order valence-electron chi connectivity index (χ2n) is 13.0. The van der Waals surface area contributed by atoms with Crippen molar-refractivity contribution in [3.05, 3.63) is 72.9 Å². The second kappa shape index (κ2) is 36.9. The van der Waals surface area contributed by atoms with Gasteiger partial charge in [-0.2, -0.15) is 0 Å². The molecule has 54 heavy (non-hydrogen) atoms. The topological polar surface area (TPSA) is 172 Å². The van der Waals surface area contributed by atoms with Gasteiger partial charge < -0.3 is 25.2 Å². The SMILES string of the molecule is CC/C=C\C/C=C\C/C=C\CCCCCCCCCC(=O)OC(COC(=O)CCCCC/C=C\C/C=C\C/C=C\CC)COP(=O)(O)OCC(N)C(=O)O. The molecule has 3 unspecified atom stereocenters. The van der Waals surface area contributed by atoms with E-state index in [2.05, 4.69) is 91.3 Å². The molecule has 4 N–H and O–H groups in total. The normalized spacial score (nSPS) is 14.6. The molecule has 0 aromatic rings. The molecule has 0 spiro atoms. The Hall–Kier alpha value is -3.08. The maximum Gasteiger partial charge on any atom is 0.472 e. The summed E-state index contributed by atoms with van der Waals surface area (Å²) in [7, 11) is -4.73. The molecule has 0 rings (SSSR count). The summed E-state index contributed by atoms with van der Waals surface area (Å²) in [4.78, 5) is 45.8. The van der Waals surface area contributed by atoms with Gasteiger partial charge in [-0.3, -0.25) is 23.4 Å². The van der Waals surface area contributed by atoms with Crippen LogP contribution in [0.3, 0.4) is 0 Å². The number of nitrogens with two attached hydrogens (primary N) is 1. The van der Waals surface area contributed by atoms with Crippen LogP contribution in [0.15, 0.2) is 72.9 Å². The van der Waals surface area contributed by atoms with Gasteiger partial charge in [0.1, 0.15) is 12.6 Å². The van der Waals surface area contributed by atoms with Crippen molar-refractivity contribution in [3.8, 4) is 0 Å². The Kier molecular flexibility index (Phi) is 34.8. The summed E-state index contributed by atoms with van der Waals surface area (Å²) in [5, 5.41) is 8.87. The Morgan fingerprint density at radius 2 is 0.981 bits per heavy atom. The van der Waals surface area contributed by atoms with Crippen LogP contribution in [-0.2, 0) is 37.5 Å². The van der Waals surface area contributed by atoms with Crippen molar-refractivity contribution < 1.29 is 47.5 Å². The lowest BCUT2D eigenvalue weighted by atomic mass is 10.1. The van der Waals surface area contributed by atoms with Crippen molar-refractivity contribution in [1.82, 2.24) is 0 Å². The third-order valence-corrected chi connectivity index (χ3v) is 8.90. The van der Waals surface area contributed by atoms with E-state index in [4.69, 9.17) is 24.8 Å². The van der Waals surface area contributed by atoms with E-state index in [1.807, 2.05) is 0 Å². The zero-order valence-electron chi connectivity index (χ0n) is 33.0. The first-order valence-electron chi connectivity index (χ1n) is 20.0. The lowest BCUT2D eigenvalue weighted by molar-refractivity contribution is -0.161. The molecule has 0 saturated carbocycles. The molecule has 3 atom stereocenters. The number of esters is 2. The number of rotatable bonds is 36. The number of hydrogen-bond donors (Lipinski definition) is 3. The quantitative estimate of drug-likeness (QED) is 0.0239. The minimum Gasteiger partial charge on any atom is -0.480 e. The number of phosphoric ester groups is 1.